The zero-order chi connectivity index (χ0) is 17.6. The molecular formula is C20H17Cl2N3. The van der Waals surface area contributed by atoms with Gasteiger partial charge in [-0.1, -0.05) is 47.5 Å². The van der Waals surface area contributed by atoms with E-state index in [0.717, 1.165) is 18.5 Å². The van der Waals surface area contributed by atoms with Gasteiger partial charge in [-0.2, -0.15) is 0 Å². The molecule has 0 bridgehead atoms. The van der Waals surface area contributed by atoms with Gasteiger partial charge in [-0.15, -0.1) is 0 Å². The van der Waals surface area contributed by atoms with Crippen LogP contribution >= 0.6 is 23.2 Å². The van der Waals surface area contributed by atoms with Gasteiger partial charge >= 0.3 is 0 Å². The number of benzene rings is 3. The van der Waals surface area contributed by atoms with Crippen LogP contribution in [0.1, 0.15) is 11.1 Å². The van der Waals surface area contributed by atoms with E-state index in [0.29, 0.717) is 21.7 Å². The van der Waals surface area contributed by atoms with Crippen LogP contribution in [0.25, 0.3) is 10.8 Å². The smallest absolute Gasteiger partial charge is 0.200 e. The van der Waals surface area contributed by atoms with Gasteiger partial charge in [0.2, 0.25) is 5.96 Å². The van der Waals surface area contributed by atoms with Gasteiger partial charge in [-0.3, -0.25) is 0 Å². The molecule has 3 aromatic carbocycles. The molecule has 3 aromatic rings. The fraction of sp³-hybridized carbons (Fsp3) is 0.150. The lowest BCUT2D eigenvalue weighted by Crippen LogP contribution is -2.34. The first-order valence-corrected chi connectivity index (χ1v) is 8.86. The zero-order valence-corrected chi connectivity index (χ0v) is 15.3. The molecule has 1 aliphatic rings. The molecule has 0 radical (unpaired) electrons. The van der Waals surface area contributed by atoms with E-state index in [4.69, 9.17) is 28.9 Å². The van der Waals surface area contributed by atoms with Crippen molar-refractivity contribution in [3.05, 3.63) is 69.7 Å². The minimum atomic E-state index is 0.415. The first-order chi connectivity index (χ1) is 12.0. The van der Waals surface area contributed by atoms with Gasteiger partial charge in [0.15, 0.2) is 0 Å². The van der Waals surface area contributed by atoms with Gasteiger partial charge in [0.1, 0.15) is 0 Å². The molecule has 0 amide bonds. The van der Waals surface area contributed by atoms with Crippen molar-refractivity contribution in [2.45, 2.75) is 12.8 Å². The van der Waals surface area contributed by atoms with Gasteiger partial charge in [-0.05, 0) is 59.0 Å². The minimum Gasteiger partial charge on any atom is -0.369 e. The van der Waals surface area contributed by atoms with Crippen LogP contribution in [-0.4, -0.2) is 13.0 Å². The van der Waals surface area contributed by atoms with Crippen LogP contribution in [0.5, 0.6) is 0 Å². The predicted octanol–water partition coefficient (Wildman–Crippen LogP) is 5.33. The topological polar surface area (TPSA) is 41.6 Å². The normalized spacial score (nSPS) is 13.5. The summed E-state index contributed by atoms with van der Waals surface area (Å²) in [5.74, 6) is 0.415. The first kappa shape index (κ1) is 16.2. The third-order valence-electron chi connectivity index (χ3n) is 4.71. The minimum absolute atomic E-state index is 0.415. The molecule has 5 heteroatoms. The Morgan fingerprint density at radius 2 is 1.88 bits per heavy atom. The molecule has 4 rings (SSSR count). The maximum Gasteiger partial charge on any atom is 0.200 e. The standard InChI is InChI=1S/C20H17Cl2N3/c1-25(20(23)24-14-7-9-16(21)17(22)11-14)18-10-6-13-4-2-3-12-5-8-15(18)19(12)13/h2-4,6-7,9-11H,5,8H2,1H3,(H2,23,24). The lowest BCUT2D eigenvalue weighted by molar-refractivity contribution is 1.02. The fourth-order valence-corrected chi connectivity index (χ4v) is 3.74. The zero-order valence-electron chi connectivity index (χ0n) is 13.8. The van der Waals surface area contributed by atoms with E-state index < -0.39 is 0 Å². The van der Waals surface area contributed by atoms with Crippen LogP contribution in [0.2, 0.25) is 10.0 Å². The number of hydrogen-bond donors (Lipinski definition) is 1. The summed E-state index contributed by atoms with van der Waals surface area (Å²) in [5.41, 5.74) is 10.8. The maximum absolute atomic E-state index is 6.25. The quantitative estimate of drug-likeness (QED) is 0.490. The number of halogens is 2. The van der Waals surface area contributed by atoms with E-state index in [2.05, 4.69) is 35.3 Å². The van der Waals surface area contributed by atoms with Gasteiger partial charge in [-0.25, -0.2) is 4.99 Å². The number of nitrogens with two attached hydrogens (primary N) is 1. The van der Waals surface area contributed by atoms with Crippen molar-refractivity contribution in [1.29, 1.82) is 0 Å². The summed E-state index contributed by atoms with van der Waals surface area (Å²) in [7, 11) is 1.94. The molecule has 0 aliphatic heterocycles. The molecule has 2 N–H and O–H groups in total. The lowest BCUT2D eigenvalue weighted by Gasteiger charge is -2.21. The largest absolute Gasteiger partial charge is 0.369 e. The molecule has 1 aliphatic carbocycles. The Bertz CT molecular complexity index is 1010. The molecule has 0 atom stereocenters. The monoisotopic (exact) mass is 369 g/mol. The second-order valence-electron chi connectivity index (χ2n) is 6.21. The van der Waals surface area contributed by atoms with E-state index in [9.17, 15) is 0 Å². The highest BCUT2D eigenvalue weighted by molar-refractivity contribution is 6.42. The first-order valence-electron chi connectivity index (χ1n) is 8.11. The molecule has 0 saturated carbocycles. The van der Waals surface area contributed by atoms with Crippen molar-refractivity contribution in [3.8, 4) is 0 Å². The number of anilines is 1. The molecular weight excluding hydrogens is 353 g/mol. The summed E-state index contributed by atoms with van der Waals surface area (Å²) in [5, 5.41) is 3.60. The number of guanidine groups is 1. The number of nitrogens with zero attached hydrogens (tertiary/aromatic N) is 2. The van der Waals surface area contributed by atoms with Crippen molar-refractivity contribution in [1.82, 2.24) is 0 Å². The van der Waals surface area contributed by atoms with Crippen molar-refractivity contribution < 1.29 is 0 Å². The van der Waals surface area contributed by atoms with E-state index in [-0.39, 0.29) is 0 Å². The molecule has 126 valence electrons. The Morgan fingerprint density at radius 3 is 2.68 bits per heavy atom. The van der Waals surface area contributed by atoms with Gasteiger partial charge in [0.05, 0.1) is 15.7 Å². The molecule has 0 spiro atoms. The van der Waals surface area contributed by atoms with Gasteiger partial charge in [0, 0.05) is 12.7 Å². The molecule has 0 unspecified atom stereocenters. The highest BCUT2D eigenvalue weighted by Gasteiger charge is 2.20. The SMILES string of the molecule is CN(C(N)=Nc1ccc(Cl)c(Cl)c1)c1ccc2cccc3c2c1CC3. The predicted molar refractivity (Wildman–Crippen MR) is 108 cm³/mol. The summed E-state index contributed by atoms with van der Waals surface area (Å²) < 4.78 is 0. The maximum atomic E-state index is 6.25. The summed E-state index contributed by atoms with van der Waals surface area (Å²) in [4.78, 5) is 6.42. The second kappa shape index (κ2) is 6.25. The van der Waals surface area contributed by atoms with E-state index in [1.807, 2.05) is 11.9 Å². The molecule has 3 nitrogen and oxygen atoms in total. The highest BCUT2D eigenvalue weighted by atomic mass is 35.5. The van der Waals surface area contributed by atoms with Gasteiger partial charge < -0.3 is 10.6 Å². The second-order valence-corrected chi connectivity index (χ2v) is 7.02. The molecule has 0 heterocycles. The Balaban J connectivity index is 1.74. The summed E-state index contributed by atoms with van der Waals surface area (Å²) >= 11 is 12.0. The Labute approximate surface area is 156 Å². The van der Waals surface area contributed by atoms with E-state index in [1.165, 1.54) is 21.9 Å². The average Bonchev–Trinajstić information content (AvgIpc) is 3.04. The molecule has 0 aromatic heterocycles. The highest BCUT2D eigenvalue weighted by Crippen LogP contribution is 2.37. The van der Waals surface area contributed by atoms with Crippen LogP contribution < -0.4 is 10.6 Å². The van der Waals surface area contributed by atoms with Crippen molar-refractivity contribution in [2.24, 2.45) is 10.7 Å². The van der Waals surface area contributed by atoms with Crippen molar-refractivity contribution >= 4 is 51.3 Å². The van der Waals surface area contributed by atoms with Crippen LogP contribution in [0.3, 0.4) is 0 Å². The number of aryl methyl sites for hydroxylation is 2. The average molecular weight is 370 g/mol. The molecule has 25 heavy (non-hydrogen) atoms. The third kappa shape index (κ3) is 2.84. The number of hydrogen-bond acceptors (Lipinski definition) is 1. The third-order valence-corrected chi connectivity index (χ3v) is 5.45. The molecule has 0 saturated heterocycles. The fourth-order valence-electron chi connectivity index (χ4n) is 3.44. The van der Waals surface area contributed by atoms with E-state index in [1.54, 1.807) is 18.2 Å². The molecule has 0 fully saturated rings. The van der Waals surface area contributed by atoms with Gasteiger partial charge in [0.25, 0.3) is 0 Å². The Hall–Kier alpha value is -2.23. The Kier molecular flexibility index (Phi) is 4.06. The van der Waals surface area contributed by atoms with Crippen molar-refractivity contribution in [2.75, 3.05) is 11.9 Å². The van der Waals surface area contributed by atoms with E-state index >= 15 is 0 Å². The Morgan fingerprint density at radius 1 is 1.04 bits per heavy atom. The van der Waals surface area contributed by atoms with Crippen molar-refractivity contribution in [3.63, 3.8) is 0 Å². The summed E-state index contributed by atoms with van der Waals surface area (Å²) in [6.07, 6.45) is 2.10. The van der Waals surface area contributed by atoms with Crippen LogP contribution in [0.4, 0.5) is 11.4 Å². The summed E-state index contributed by atoms with van der Waals surface area (Å²) in [6.45, 7) is 0. The number of aliphatic imine (C=N–C) groups is 1. The lowest BCUT2D eigenvalue weighted by atomic mass is 10.0. The van der Waals surface area contributed by atoms with Crippen LogP contribution in [-0.2, 0) is 12.8 Å². The summed E-state index contributed by atoms with van der Waals surface area (Å²) in [6, 6.07) is 16.0. The van der Waals surface area contributed by atoms with Crippen LogP contribution in [0, 0.1) is 0 Å². The van der Waals surface area contributed by atoms with Crippen LogP contribution in [0.15, 0.2) is 53.5 Å². The number of rotatable bonds is 2.